The highest BCUT2D eigenvalue weighted by Gasteiger charge is 2.45. The molecule has 0 bridgehead atoms. The molecule has 1 heterocycles. The van der Waals surface area contributed by atoms with Crippen molar-refractivity contribution in [2.45, 2.75) is 70.9 Å². The van der Waals surface area contributed by atoms with Crippen molar-refractivity contribution < 1.29 is 9.53 Å². The molecule has 2 aromatic carbocycles. The Morgan fingerprint density at radius 2 is 1.81 bits per heavy atom. The van der Waals surface area contributed by atoms with E-state index in [0.717, 1.165) is 60.6 Å². The lowest BCUT2D eigenvalue weighted by atomic mass is 9.94. The lowest BCUT2D eigenvalue weighted by Gasteiger charge is -2.35. The SMILES string of the molecule is Cc1cc(OC(C)C(=O)NC2CCN(CC3(c4ccccc4)CC3)CC2)c(C)c(C)c1N. The minimum absolute atomic E-state index is 0.0436. The number of carbonyl (C=O) groups is 1. The average Bonchev–Trinajstić information content (AvgIpc) is 3.58. The van der Waals surface area contributed by atoms with Crippen LogP contribution in [0.5, 0.6) is 5.75 Å². The number of nitrogens with one attached hydrogen (secondary N) is 1. The van der Waals surface area contributed by atoms with Crippen LogP contribution in [-0.2, 0) is 10.2 Å². The summed E-state index contributed by atoms with van der Waals surface area (Å²) < 4.78 is 6.03. The molecule has 32 heavy (non-hydrogen) atoms. The molecule has 2 fully saturated rings. The summed E-state index contributed by atoms with van der Waals surface area (Å²) in [5, 5.41) is 3.21. The minimum atomic E-state index is -0.540. The van der Waals surface area contributed by atoms with Gasteiger partial charge in [-0.15, -0.1) is 0 Å². The Balaban J connectivity index is 1.27. The van der Waals surface area contributed by atoms with E-state index >= 15 is 0 Å². The third-order valence-electron chi connectivity index (χ3n) is 7.48. The molecule has 4 rings (SSSR count). The molecule has 1 saturated heterocycles. The van der Waals surface area contributed by atoms with Gasteiger partial charge in [0.2, 0.25) is 0 Å². The summed E-state index contributed by atoms with van der Waals surface area (Å²) in [6.07, 6.45) is 4.00. The molecule has 0 radical (unpaired) electrons. The van der Waals surface area contributed by atoms with Crippen LogP contribution in [-0.4, -0.2) is 42.6 Å². The molecule has 3 N–H and O–H groups in total. The van der Waals surface area contributed by atoms with Gasteiger partial charge in [-0.1, -0.05) is 30.3 Å². The van der Waals surface area contributed by atoms with Crippen LogP contribution in [0.2, 0.25) is 0 Å². The van der Waals surface area contributed by atoms with Crippen molar-refractivity contribution in [1.29, 1.82) is 0 Å². The van der Waals surface area contributed by atoms with Crippen LogP contribution in [0.4, 0.5) is 5.69 Å². The van der Waals surface area contributed by atoms with E-state index in [1.807, 2.05) is 33.8 Å². The van der Waals surface area contributed by atoms with Crippen LogP contribution in [0.25, 0.3) is 0 Å². The van der Waals surface area contributed by atoms with Gasteiger partial charge in [0.05, 0.1) is 0 Å². The number of rotatable bonds is 7. The van der Waals surface area contributed by atoms with E-state index in [0.29, 0.717) is 5.41 Å². The van der Waals surface area contributed by atoms with Crippen molar-refractivity contribution in [1.82, 2.24) is 10.2 Å². The molecule has 0 spiro atoms. The third kappa shape index (κ3) is 4.78. The molecule has 0 aromatic heterocycles. The van der Waals surface area contributed by atoms with Gasteiger partial charge in [0, 0.05) is 36.8 Å². The zero-order valence-corrected chi connectivity index (χ0v) is 19.9. The van der Waals surface area contributed by atoms with Gasteiger partial charge < -0.3 is 20.7 Å². The second-order valence-corrected chi connectivity index (χ2v) is 9.82. The molecule has 1 aliphatic carbocycles. The van der Waals surface area contributed by atoms with Crippen LogP contribution in [0, 0.1) is 20.8 Å². The Kier molecular flexibility index (Phi) is 6.47. The molecule has 1 unspecified atom stereocenters. The maximum absolute atomic E-state index is 12.8. The molecule has 172 valence electrons. The number of benzene rings is 2. The van der Waals surface area contributed by atoms with Crippen LogP contribution in [0.3, 0.4) is 0 Å². The smallest absolute Gasteiger partial charge is 0.260 e. The van der Waals surface area contributed by atoms with Crippen LogP contribution >= 0.6 is 0 Å². The summed E-state index contributed by atoms with van der Waals surface area (Å²) in [5.74, 6) is 0.695. The molecule has 5 nitrogen and oxygen atoms in total. The maximum atomic E-state index is 12.8. The summed E-state index contributed by atoms with van der Waals surface area (Å²) in [7, 11) is 0. The molecule has 2 aliphatic rings. The number of aryl methyl sites for hydroxylation is 1. The summed E-state index contributed by atoms with van der Waals surface area (Å²) in [5.41, 5.74) is 11.7. The Hall–Kier alpha value is -2.53. The monoisotopic (exact) mass is 435 g/mol. The van der Waals surface area contributed by atoms with Crippen LogP contribution < -0.4 is 15.8 Å². The van der Waals surface area contributed by atoms with Gasteiger partial charge in [0.15, 0.2) is 6.10 Å². The molecule has 1 amide bonds. The number of amides is 1. The predicted octanol–water partition coefficient (Wildman–Crippen LogP) is 4.27. The van der Waals surface area contributed by atoms with E-state index in [4.69, 9.17) is 10.5 Å². The van der Waals surface area contributed by atoms with E-state index in [1.54, 1.807) is 0 Å². The largest absolute Gasteiger partial charge is 0.481 e. The molecular formula is C27H37N3O2. The van der Waals surface area contributed by atoms with E-state index in [9.17, 15) is 4.79 Å². The number of nitrogens with two attached hydrogens (primary N) is 1. The molecule has 1 atom stereocenters. The number of likely N-dealkylation sites (tertiary alicyclic amines) is 1. The number of nitrogen functional groups attached to an aromatic ring is 1. The lowest BCUT2D eigenvalue weighted by Crippen LogP contribution is -2.49. The van der Waals surface area contributed by atoms with E-state index in [1.165, 1.54) is 18.4 Å². The highest BCUT2D eigenvalue weighted by Crippen LogP contribution is 2.48. The van der Waals surface area contributed by atoms with Gasteiger partial charge in [-0.3, -0.25) is 4.79 Å². The van der Waals surface area contributed by atoms with Gasteiger partial charge in [-0.05, 0) is 81.7 Å². The standard InChI is InChI=1S/C27H37N3O2/c1-18-16-24(19(2)20(3)25(18)28)32-21(4)26(31)29-23-10-14-30(15-11-23)17-27(12-13-27)22-8-6-5-7-9-22/h5-9,16,21,23H,10-15,17,28H2,1-4H3,(H,29,31). The summed E-state index contributed by atoms with van der Waals surface area (Å²) in [4.78, 5) is 15.4. The fourth-order valence-electron chi connectivity index (χ4n) is 4.89. The summed E-state index contributed by atoms with van der Waals surface area (Å²) in [6, 6.07) is 13.1. The first-order valence-corrected chi connectivity index (χ1v) is 11.9. The number of carbonyl (C=O) groups excluding carboxylic acids is 1. The average molecular weight is 436 g/mol. The Morgan fingerprint density at radius 1 is 1.16 bits per heavy atom. The number of hydrogen-bond acceptors (Lipinski definition) is 4. The number of nitrogens with zero attached hydrogens (tertiary/aromatic N) is 1. The van der Waals surface area contributed by atoms with Gasteiger partial charge in [0.1, 0.15) is 5.75 Å². The van der Waals surface area contributed by atoms with Gasteiger partial charge >= 0.3 is 0 Å². The number of ether oxygens (including phenoxy) is 1. The first-order valence-electron chi connectivity index (χ1n) is 11.9. The van der Waals surface area contributed by atoms with Crippen molar-refractivity contribution in [2.24, 2.45) is 0 Å². The molecule has 5 heteroatoms. The number of anilines is 1. The zero-order valence-electron chi connectivity index (χ0n) is 19.9. The Bertz CT molecular complexity index is 961. The summed E-state index contributed by atoms with van der Waals surface area (Å²) >= 11 is 0. The van der Waals surface area contributed by atoms with Crippen LogP contribution in [0.1, 0.15) is 54.9 Å². The van der Waals surface area contributed by atoms with Gasteiger partial charge in [-0.25, -0.2) is 0 Å². The van der Waals surface area contributed by atoms with Crippen molar-refractivity contribution in [3.63, 3.8) is 0 Å². The fraction of sp³-hybridized carbons (Fsp3) is 0.519. The number of hydrogen-bond donors (Lipinski definition) is 2. The zero-order chi connectivity index (χ0) is 22.9. The van der Waals surface area contributed by atoms with Crippen molar-refractivity contribution in [2.75, 3.05) is 25.4 Å². The van der Waals surface area contributed by atoms with Crippen LogP contribution in [0.15, 0.2) is 36.4 Å². The first kappa shape index (κ1) is 22.7. The summed E-state index contributed by atoms with van der Waals surface area (Å²) in [6.45, 7) is 11.0. The molecule has 1 saturated carbocycles. The second-order valence-electron chi connectivity index (χ2n) is 9.82. The normalized spacial score (nSPS) is 19.4. The first-order chi connectivity index (χ1) is 15.3. The second kappa shape index (κ2) is 9.14. The molecule has 2 aromatic rings. The Morgan fingerprint density at radius 3 is 2.44 bits per heavy atom. The third-order valence-corrected chi connectivity index (χ3v) is 7.48. The highest BCUT2D eigenvalue weighted by molar-refractivity contribution is 5.81. The lowest BCUT2D eigenvalue weighted by molar-refractivity contribution is -0.128. The number of piperidine rings is 1. The predicted molar refractivity (Wildman–Crippen MR) is 130 cm³/mol. The highest BCUT2D eigenvalue weighted by atomic mass is 16.5. The quantitative estimate of drug-likeness (QED) is 0.637. The fourth-order valence-corrected chi connectivity index (χ4v) is 4.89. The van der Waals surface area contributed by atoms with Crippen molar-refractivity contribution in [3.05, 3.63) is 58.7 Å². The molecule has 1 aliphatic heterocycles. The van der Waals surface area contributed by atoms with Gasteiger partial charge in [0.25, 0.3) is 5.91 Å². The van der Waals surface area contributed by atoms with E-state index in [-0.39, 0.29) is 11.9 Å². The topological polar surface area (TPSA) is 67.6 Å². The maximum Gasteiger partial charge on any atom is 0.260 e. The minimum Gasteiger partial charge on any atom is -0.481 e. The molecular weight excluding hydrogens is 398 g/mol. The van der Waals surface area contributed by atoms with E-state index < -0.39 is 6.10 Å². The van der Waals surface area contributed by atoms with Crippen molar-refractivity contribution in [3.8, 4) is 5.75 Å². The van der Waals surface area contributed by atoms with E-state index in [2.05, 4.69) is 40.5 Å². The van der Waals surface area contributed by atoms with Gasteiger partial charge in [-0.2, -0.15) is 0 Å². The Labute approximate surface area is 192 Å². The van der Waals surface area contributed by atoms with Crippen molar-refractivity contribution >= 4 is 11.6 Å².